The van der Waals surface area contributed by atoms with Gasteiger partial charge in [0.1, 0.15) is 0 Å². The molecule has 2 aromatic rings. The molecule has 2 amide bonds. The zero-order valence-electron chi connectivity index (χ0n) is 16.3. The molecule has 2 fully saturated rings. The van der Waals surface area contributed by atoms with E-state index in [0.717, 1.165) is 16.8 Å². The normalized spacial score (nSPS) is 21.4. The fourth-order valence-corrected chi connectivity index (χ4v) is 3.80. The second-order valence-electron chi connectivity index (χ2n) is 7.57. The van der Waals surface area contributed by atoms with E-state index in [4.69, 9.17) is 0 Å². The minimum Gasteiger partial charge on any atom is -0.339 e. The third-order valence-electron chi connectivity index (χ3n) is 5.60. The van der Waals surface area contributed by atoms with Gasteiger partial charge < -0.3 is 15.1 Å². The molecule has 1 saturated heterocycles. The second kappa shape index (κ2) is 7.58. The van der Waals surface area contributed by atoms with Crippen LogP contribution in [0.2, 0.25) is 0 Å². The van der Waals surface area contributed by atoms with E-state index < -0.39 is 0 Å². The molecule has 1 saturated carbocycles. The molecule has 7 nitrogen and oxygen atoms in total. The number of carbonyl (C=O) groups is 2. The number of nitrogens with one attached hydrogen (secondary N) is 1. The number of anilines is 2. The molecule has 0 radical (unpaired) electrons. The average Bonchev–Trinajstić information content (AvgIpc) is 3.52. The van der Waals surface area contributed by atoms with Crippen molar-refractivity contribution in [3.05, 3.63) is 47.8 Å². The van der Waals surface area contributed by atoms with Crippen LogP contribution in [0.3, 0.4) is 0 Å². The van der Waals surface area contributed by atoms with Gasteiger partial charge in [-0.2, -0.15) is 0 Å². The summed E-state index contributed by atoms with van der Waals surface area (Å²) in [5, 5.41) is 3.02. The van der Waals surface area contributed by atoms with E-state index in [2.05, 4.69) is 20.2 Å². The number of piperazine rings is 1. The van der Waals surface area contributed by atoms with Crippen molar-refractivity contribution in [2.45, 2.75) is 20.3 Å². The molecular formula is C21H25N5O2. The molecule has 0 bridgehead atoms. The van der Waals surface area contributed by atoms with Gasteiger partial charge in [-0.25, -0.2) is 9.97 Å². The Morgan fingerprint density at radius 1 is 0.964 bits per heavy atom. The molecule has 1 aromatic heterocycles. The topological polar surface area (TPSA) is 78.4 Å². The van der Waals surface area contributed by atoms with Crippen LogP contribution in [0.4, 0.5) is 11.6 Å². The van der Waals surface area contributed by atoms with Crippen molar-refractivity contribution in [1.82, 2.24) is 14.9 Å². The Kier molecular flexibility index (Phi) is 4.98. The number of aromatic nitrogens is 2. The summed E-state index contributed by atoms with van der Waals surface area (Å²) in [5.74, 6) is 0.333. The predicted octanol–water partition coefficient (Wildman–Crippen LogP) is 2.02. The molecule has 0 spiro atoms. The average molecular weight is 379 g/mol. The highest BCUT2D eigenvalue weighted by molar-refractivity contribution is 6.00. The van der Waals surface area contributed by atoms with Crippen LogP contribution in [0.25, 0.3) is 0 Å². The van der Waals surface area contributed by atoms with E-state index in [-0.39, 0.29) is 23.7 Å². The monoisotopic (exact) mass is 379 g/mol. The molecule has 146 valence electrons. The van der Waals surface area contributed by atoms with Gasteiger partial charge in [-0.15, -0.1) is 0 Å². The van der Waals surface area contributed by atoms with E-state index in [1.54, 1.807) is 18.5 Å². The summed E-state index contributed by atoms with van der Waals surface area (Å²) in [4.78, 5) is 37.9. The van der Waals surface area contributed by atoms with E-state index in [1.807, 2.05) is 36.9 Å². The molecule has 2 atom stereocenters. The first-order valence-corrected chi connectivity index (χ1v) is 9.72. The number of hydrogen-bond acceptors (Lipinski definition) is 5. The first kappa shape index (κ1) is 18.4. The molecule has 1 aromatic carbocycles. The van der Waals surface area contributed by atoms with E-state index in [0.29, 0.717) is 38.5 Å². The summed E-state index contributed by atoms with van der Waals surface area (Å²) in [6.07, 6.45) is 4.09. The van der Waals surface area contributed by atoms with Gasteiger partial charge in [-0.05, 0) is 37.5 Å². The third-order valence-corrected chi connectivity index (χ3v) is 5.60. The maximum absolute atomic E-state index is 12.8. The molecule has 2 heterocycles. The van der Waals surface area contributed by atoms with Crippen LogP contribution in [0.1, 0.15) is 17.5 Å². The Bertz CT molecular complexity index is 857. The highest BCUT2D eigenvalue weighted by Gasteiger charge is 2.49. The number of carbonyl (C=O) groups excluding carboxylic acids is 2. The van der Waals surface area contributed by atoms with Gasteiger partial charge in [-0.3, -0.25) is 9.59 Å². The van der Waals surface area contributed by atoms with Gasteiger partial charge >= 0.3 is 0 Å². The number of nitrogens with zero attached hydrogens (tertiary/aromatic N) is 4. The van der Waals surface area contributed by atoms with Gasteiger partial charge in [0.2, 0.25) is 17.8 Å². The molecule has 2 aliphatic rings. The molecule has 2 unspecified atom stereocenters. The molecule has 4 rings (SSSR count). The maximum Gasteiger partial charge on any atom is 0.228 e. The van der Waals surface area contributed by atoms with Crippen LogP contribution in [0, 0.1) is 25.7 Å². The zero-order chi connectivity index (χ0) is 19.7. The summed E-state index contributed by atoms with van der Waals surface area (Å²) >= 11 is 0. The lowest BCUT2D eigenvalue weighted by atomic mass is 10.1. The third kappa shape index (κ3) is 3.69. The quantitative estimate of drug-likeness (QED) is 0.879. The van der Waals surface area contributed by atoms with Crippen molar-refractivity contribution in [3.63, 3.8) is 0 Å². The van der Waals surface area contributed by atoms with Gasteiger partial charge in [0.25, 0.3) is 0 Å². The lowest BCUT2D eigenvalue weighted by molar-refractivity contribution is -0.134. The van der Waals surface area contributed by atoms with E-state index >= 15 is 0 Å². The van der Waals surface area contributed by atoms with Crippen molar-refractivity contribution in [3.8, 4) is 0 Å². The van der Waals surface area contributed by atoms with Gasteiger partial charge in [0.05, 0.1) is 11.8 Å². The van der Waals surface area contributed by atoms with E-state index in [1.165, 1.54) is 0 Å². The Morgan fingerprint density at radius 3 is 2.25 bits per heavy atom. The summed E-state index contributed by atoms with van der Waals surface area (Å²) in [7, 11) is 0. The fraction of sp³-hybridized carbons (Fsp3) is 0.429. The molecule has 1 aliphatic heterocycles. The first-order chi connectivity index (χ1) is 13.5. The van der Waals surface area contributed by atoms with Crippen molar-refractivity contribution in [2.75, 3.05) is 36.4 Å². The number of amides is 2. The van der Waals surface area contributed by atoms with Crippen LogP contribution in [0.5, 0.6) is 0 Å². The van der Waals surface area contributed by atoms with Crippen LogP contribution >= 0.6 is 0 Å². The fourth-order valence-electron chi connectivity index (χ4n) is 3.80. The smallest absolute Gasteiger partial charge is 0.228 e. The number of para-hydroxylation sites is 1. The number of benzene rings is 1. The van der Waals surface area contributed by atoms with Crippen LogP contribution in [-0.4, -0.2) is 52.9 Å². The lowest BCUT2D eigenvalue weighted by Crippen LogP contribution is -2.50. The minimum absolute atomic E-state index is 0.0490. The standard InChI is InChI=1S/C21H25N5O2/c1-14-5-3-6-15(2)18(14)24-19(27)16-13-17(16)20(28)25-9-11-26(12-10-25)21-22-7-4-8-23-21/h3-8,16-17H,9-13H2,1-2H3,(H,24,27). The molecule has 1 N–H and O–H groups in total. The molecule has 7 heteroatoms. The van der Waals surface area contributed by atoms with Crippen molar-refractivity contribution >= 4 is 23.5 Å². The summed E-state index contributed by atoms with van der Waals surface area (Å²) in [6.45, 7) is 6.66. The summed E-state index contributed by atoms with van der Waals surface area (Å²) in [6, 6.07) is 7.73. The highest BCUT2D eigenvalue weighted by atomic mass is 16.2. The molecule has 28 heavy (non-hydrogen) atoms. The van der Waals surface area contributed by atoms with Crippen LogP contribution in [-0.2, 0) is 9.59 Å². The Balaban J connectivity index is 1.31. The minimum atomic E-state index is -0.220. The van der Waals surface area contributed by atoms with E-state index in [9.17, 15) is 9.59 Å². The summed E-state index contributed by atoms with van der Waals surface area (Å²) < 4.78 is 0. The maximum atomic E-state index is 12.8. The van der Waals surface area contributed by atoms with Crippen molar-refractivity contribution < 1.29 is 9.59 Å². The van der Waals surface area contributed by atoms with Gasteiger partial charge in [-0.1, -0.05) is 18.2 Å². The summed E-state index contributed by atoms with van der Waals surface area (Å²) in [5.41, 5.74) is 2.94. The largest absolute Gasteiger partial charge is 0.339 e. The zero-order valence-corrected chi connectivity index (χ0v) is 16.3. The van der Waals surface area contributed by atoms with Crippen molar-refractivity contribution in [1.29, 1.82) is 0 Å². The van der Waals surface area contributed by atoms with Crippen LogP contribution in [0.15, 0.2) is 36.7 Å². The number of hydrogen-bond donors (Lipinski definition) is 1. The molecular weight excluding hydrogens is 354 g/mol. The highest BCUT2D eigenvalue weighted by Crippen LogP contribution is 2.41. The van der Waals surface area contributed by atoms with Crippen LogP contribution < -0.4 is 10.2 Å². The SMILES string of the molecule is Cc1cccc(C)c1NC(=O)C1CC1C(=O)N1CCN(c2ncccn2)CC1. The lowest BCUT2D eigenvalue weighted by Gasteiger charge is -2.34. The number of aryl methyl sites for hydroxylation is 2. The van der Waals surface area contributed by atoms with Crippen molar-refractivity contribution in [2.24, 2.45) is 11.8 Å². The first-order valence-electron chi connectivity index (χ1n) is 9.72. The molecule has 1 aliphatic carbocycles. The number of rotatable bonds is 4. The van der Waals surface area contributed by atoms with Gasteiger partial charge in [0.15, 0.2) is 0 Å². The van der Waals surface area contributed by atoms with Gasteiger partial charge in [0, 0.05) is 44.3 Å². The Hall–Kier alpha value is -2.96. The Morgan fingerprint density at radius 2 is 1.61 bits per heavy atom. The second-order valence-corrected chi connectivity index (χ2v) is 7.57. The predicted molar refractivity (Wildman–Crippen MR) is 107 cm³/mol. The Labute approximate surface area is 164 Å².